The summed E-state index contributed by atoms with van der Waals surface area (Å²) in [6.07, 6.45) is -2.12. The van der Waals surface area contributed by atoms with Gasteiger partial charge in [0.1, 0.15) is 30.5 Å². The van der Waals surface area contributed by atoms with E-state index in [1.54, 1.807) is 6.07 Å². The minimum atomic E-state index is -5.37. The van der Waals surface area contributed by atoms with Crippen LogP contribution in [0, 0.1) is 11.6 Å². The van der Waals surface area contributed by atoms with E-state index in [0.29, 0.717) is 19.3 Å². The average molecular weight is 1010 g/mol. The molecule has 19 heteroatoms. The molecule has 70 heavy (non-hydrogen) atoms. The average Bonchev–Trinajstić information content (AvgIpc) is 3.30. The van der Waals surface area contributed by atoms with Gasteiger partial charge in [0.2, 0.25) is 11.8 Å². The van der Waals surface area contributed by atoms with Gasteiger partial charge in [0.25, 0.3) is 0 Å². The second-order valence-electron chi connectivity index (χ2n) is 18.7. The van der Waals surface area contributed by atoms with Crippen LogP contribution >= 0.6 is 0 Å². The van der Waals surface area contributed by atoms with Crippen molar-refractivity contribution in [2.24, 2.45) is 0 Å². The van der Waals surface area contributed by atoms with E-state index in [4.69, 9.17) is 9.47 Å². The summed E-state index contributed by atoms with van der Waals surface area (Å²) in [7, 11) is 0. The number of amides is 2. The van der Waals surface area contributed by atoms with E-state index in [9.17, 15) is 70.2 Å². The van der Waals surface area contributed by atoms with Crippen LogP contribution in [0.3, 0.4) is 0 Å². The van der Waals surface area contributed by atoms with E-state index >= 15 is 0 Å². The lowest BCUT2D eigenvalue weighted by Crippen LogP contribution is -2.61. The van der Waals surface area contributed by atoms with E-state index in [2.05, 4.69) is 17.6 Å². The lowest BCUT2D eigenvalue weighted by Gasteiger charge is -2.41. The largest absolute Gasteiger partial charge is 0.417 e. The number of hydrogen-bond acceptors (Lipinski definition) is 9. The van der Waals surface area contributed by atoms with Gasteiger partial charge in [-0.05, 0) is 61.1 Å². The zero-order valence-electron chi connectivity index (χ0n) is 40.4. The lowest BCUT2D eigenvalue weighted by atomic mass is 9.98. The van der Waals surface area contributed by atoms with Crippen molar-refractivity contribution in [1.82, 2.24) is 10.6 Å². The Bertz CT molecular complexity index is 1810. The number of ether oxygens (including phenoxy) is 2. The number of unbranched alkanes of at least 4 members (excludes halogenated alkanes) is 18. The van der Waals surface area contributed by atoms with Crippen LogP contribution in [0.25, 0.3) is 0 Å². The number of aryl methyl sites for hydroxylation is 1. The summed E-state index contributed by atoms with van der Waals surface area (Å²) in [6.45, 7) is 1.06. The van der Waals surface area contributed by atoms with Crippen molar-refractivity contribution in [3.8, 4) is 0 Å². The number of carbonyl (C=O) groups excluding carboxylic acids is 2. The highest BCUT2D eigenvalue weighted by atomic mass is 19.4. The molecule has 2 amide bonds. The molecule has 1 aliphatic rings. The summed E-state index contributed by atoms with van der Waals surface area (Å²) in [5.41, 5.74) is -3.53. The van der Waals surface area contributed by atoms with E-state index in [-0.39, 0.29) is 25.0 Å². The van der Waals surface area contributed by atoms with Gasteiger partial charge in [-0.15, -0.1) is 0 Å². The highest BCUT2D eigenvalue weighted by Gasteiger charge is 2.46. The molecule has 1 saturated heterocycles. The first-order chi connectivity index (χ1) is 33.2. The Hall–Kier alpha value is -3.46. The van der Waals surface area contributed by atoms with Gasteiger partial charge >= 0.3 is 12.4 Å². The molecule has 0 aromatic heterocycles. The number of halogens is 8. The molecule has 2 aromatic carbocycles. The fraction of sp³-hybridized carbons (Fsp3) is 0.725. The monoisotopic (exact) mass is 1010 g/mol. The third-order valence-electron chi connectivity index (χ3n) is 12.8. The van der Waals surface area contributed by atoms with Crippen molar-refractivity contribution >= 4 is 11.8 Å². The maximum atomic E-state index is 13.5. The predicted octanol–water partition coefficient (Wildman–Crippen LogP) is 9.54. The van der Waals surface area contributed by atoms with E-state index < -0.39 is 121 Å². The molecule has 1 aliphatic heterocycles. The summed E-state index contributed by atoms with van der Waals surface area (Å²) >= 11 is 0. The summed E-state index contributed by atoms with van der Waals surface area (Å²) in [4.78, 5) is 25.9. The van der Waals surface area contributed by atoms with Crippen LogP contribution in [0.4, 0.5) is 35.1 Å². The smallest absolute Gasteiger partial charge is 0.390 e. The van der Waals surface area contributed by atoms with Crippen molar-refractivity contribution in [2.75, 3.05) is 13.2 Å². The maximum Gasteiger partial charge on any atom is 0.417 e. The fourth-order valence-electron chi connectivity index (χ4n) is 8.58. The summed E-state index contributed by atoms with van der Waals surface area (Å²) in [6, 6.07) is 3.86. The molecule has 0 aliphatic carbocycles. The third kappa shape index (κ3) is 22.5. The minimum absolute atomic E-state index is 0.0888. The van der Waals surface area contributed by atoms with Gasteiger partial charge in [-0.1, -0.05) is 135 Å². The second-order valence-corrected chi connectivity index (χ2v) is 18.7. The Labute approximate surface area is 407 Å². The minimum Gasteiger partial charge on any atom is -0.390 e. The first kappa shape index (κ1) is 60.8. The number of hydrogen-bond donors (Lipinski definition) is 7. The van der Waals surface area contributed by atoms with Crippen molar-refractivity contribution in [2.45, 2.75) is 222 Å². The number of rotatable bonds is 34. The fourth-order valence-corrected chi connectivity index (χ4v) is 8.58. The Morgan fingerprint density at radius 2 is 1.19 bits per heavy atom. The van der Waals surface area contributed by atoms with Crippen LogP contribution in [0.2, 0.25) is 0 Å². The number of benzene rings is 2. The Morgan fingerprint density at radius 1 is 0.643 bits per heavy atom. The number of alkyl halides is 6. The number of aliphatic hydroxyl groups excluding tert-OH is 5. The van der Waals surface area contributed by atoms with Crippen molar-refractivity contribution in [1.29, 1.82) is 0 Å². The molecule has 0 radical (unpaired) electrons. The van der Waals surface area contributed by atoms with E-state index in [1.165, 1.54) is 51.0 Å². The van der Waals surface area contributed by atoms with Crippen LogP contribution in [-0.4, -0.2) is 99.5 Å². The molecule has 7 N–H and O–H groups in total. The second kappa shape index (κ2) is 31.9. The molecular weight excluding hydrogens is 937 g/mol. The molecule has 1 fully saturated rings. The zero-order valence-corrected chi connectivity index (χ0v) is 40.4. The zero-order chi connectivity index (χ0) is 51.7. The maximum absolute atomic E-state index is 13.5. The quantitative estimate of drug-likeness (QED) is 0.0266. The van der Waals surface area contributed by atoms with Gasteiger partial charge in [0.05, 0.1) is 36.3 Å². The van der Waals surface area contributed by atoms with E-state index in [0.717, 1.165) is 88.3 Å². The van der Waals surface area contributed by atoms with Crippen LogP contribution < -0.4 is 10.6 Å². The van der Waals surface area contributed by atoms with Gasteiger partial charge < -0.3 is 45.6 Å². The molecule has 8 atom stereocenters. The standard InChI is InChI=1S/C51H76F8N2O9/c1-2-3-4-5-6-7-8-9-10-14-17-20-23-41(62)45(65)40(61-43(63)24-21-18-15-12-11-13-16-19-22-34-26-28-38(52)39(53)30-34)33-69-49-48(68)47(67)46(66)42(70-49)32-60-44(64)31-35-25-27-36(50(54,55)56)37(29-35)51(57,58)59/h25-30,40-42,45-49,62,65-68H,2-24,31-33H2,1H3,(H,60,64)(H,61,63)/t40-,41+,42?,45-,46-,47-,48?,49-/m0/s1. The molecule has 400 valence electrons. The van der Waals surface area contributed by atoms with Crippen molar-refractivity contribution < 1.29 is 79.7 Å². The number of aliphatic hydroxyl groups is 5. The third-order valence-corrected chi connectivity index (χ3v) is 12.8. The molecule has 2 aromatic rings. The van der Waals surface area contributed by atoms with Gasteiger partial charge in [-0.2, -0.15) is 26.3 Å². The number of carbonyl (C=O) groups is 2. The first-order valence-electron chi connectivity index (χ1n) is 25.2. The predicted molar refractivity (Wildman–Crippen MR) is 247 cm³/mol. The van der Waals surface area contributed by atoms with Crippen molar-refractivity contribution in [3.05, 3.63) is 70.3 Å². The van der Waals surface area contributed by atoms with Crippen LogP contribution in [-0.2, 0) is 44.3 Å². The summed E-state index contributed by atoms with van der Waals surface area (Å²) in [5, 5.41) is 59.4. The molecule has 0 spiro atoms. The highest BCUT2D eigenvalue weighted by Crippen LogP contribution is 2.40. The topological polar surface area (TPSA) is 178 Å². The van der Waals surface area contributed by atoms with Crippen LogP contribution in [0.5, 0.6) is 0 Å². The van der Waals surface area contributed by atoms with Gasteiger partial charge in [0.15, 0.2) is 17.9 Å². The summed E-state index contributed by atoms with van der Waals surface area (Å²) < 4.78 is 118. The van der Waals surface area contributed by atoms with E-state index in [1.807, 2.05) is 0 Å². The first-order valence-corrected chi connectivity index (χ1v) is 25.2. The van der Waals surface area contributed by atoms with Gasteiger partial charge in [-0.25, -0.2) is 8.78 Å². The molecule has 1 heterocycles. The Balaban J connectivity index is 1.52. The van der Waals surface area contributed by atoms with Crippen molar-refractivity contribution in [3.63, 3.8) is 0 Å². The Kier molecular flexibility index (Phi) is 27.7. The van der Waals surface area contributed by atoms with Crippen LogP contribution in [0.1, 0.15) is 170 Å². The Morgan fingerprint density at radius 3 is 1.76 bits per heavy atom. The molecule has 0 saturated carbocycles. The molecular formula is C51H76F8N2O9. The van der Waals surface area contributed by atoms with Gasteiger partial charge in [0, 0.05) is 13.0 Å². The normalized spacial score (nSPS) is 20.0. The molecule has 3 rings (SSSR count). The highest BCUT2D eigenvalue weighted by molar-refractivity contribution is 5.78. The SMILES string of the molecule is CCCCCCCCCCCCCC[C@@H](O)[C@@H](O)[C@H](CO[C@H]1OC(CNC(=O)Cc2ccc(C(F)(F)F)c(C(F)(F)F)c2)[C@H](O)[C@H](O)C1O)NC(=O)CCCCCCCCCCc1ccc(F)c(F)c1. The lowest BCUT2D eigenvalue weighted by molar-refractivity contribution is -0.297. The van der Waals surface area contributed by atoms with Crippen LogP contribution in [0.15, 0.2) is 36.4 Å². The number of nitrogens with one attached hydrogen (secondary N) is 2. The molecule has 11 nitrogen and oxygen atoms in total. The summed E-state index contributed by atoms with van der Waals surface area (Å²) in [5.74, 6) is -3.14. The molecule has 2 unspecified atom stereocenters. The molecule has 0 bridgehead atoms. The van der Waals surface area contributed by atoms with Gasteiger partial charge in [-0.3, -0.25) is 9.59 Å².